The van der Waals surface area contributed by atoms with Crippen molar-refractivity contribution in [2.24, 2.45) is 0 Å². The van der Waals surface area contributed by atoms with E-state index in [0.717, 1.165) is 36.3 Å². The summed E-state index contributed by atoms with van der Waals surface area (Å²) in [6.45, 7) is 6.52. The van der Waals surface area contributed by atoms with Gasteiger partial charge >= 0.3 is 0 Å². The molecule has 1 saturated heterocycles. The maximum Gasteiger partial charge on any atom is 0.238 e. The first-order valence-corrected chi connectivity index (χ1v) is 6.84. The van der Waals surface area contributed by atoms with Crippen molar-refractivity contribution in [1.29, 1.82) is 0 Å². The lowest BCUT2D eigenvalue weighted by Crippen LogP contribution is -2.39. The second kappa shape index (κ2) is 6.17. The lowest BCUT2D eigenvalue weighted by molar-refractivity contribution is -0.117. The minimum absolute atomic E-state index is 0.0584. The third-order valence-electron chi connectivity index (χ3n) is 3.72. The van der Waals surface area contributed by atoms with Crippen molar-refractivity contribution in [1.82, 2.24) is 10.2 Å². The maximum absolute atomic E-state index is 12.1. The molecule has 0 aliphatic carbocycles. The van der Waals surface area contributed by atoms with Crippen molar-refractivity contribution < 1.29 is 4.79 Å². The molecule has 1 aromatic carbocycles. The molecule has 0 saturated carbocycles. The second-order valence-electron chi connectivity index (χ2n) is 5.43. The van der Waals surface area contributed by atoms with Gasteiger partial charge in [-0.15, -0.1) is 0 Å². The predicted octanol–water partition coefficient (Wildman–Crippen LogP) is 1.54. The Kier molecular flexibility index (Phi) is 4.56. The number of nitrogens with one attached hydrogen (secondary N) is 2. The van der Waals surface area contributed by atoms with E-state index in [0.29, 0.717) is 12.6 Å². The van der Waals surface area contributed by atoms with E-state index in [9.17, 15) is 4.79 Å². The lowest BCUT2D eigenvalue weighted by atomic mass is 10.1. The Morgan fingerprint density at radius 1 is 1.47 bits per heavy atom. The third-order valence-corrected chi connectivity index (χ3v) is 3.72. The Labute approximate surface area is 115 Å². The van der Waals surface area contributed by atoms with E-state index in [-0.39, 0.29) is 5.91 Å². The molecule has 19 heavy (non-hydrogen) atoms. The number of nitrogens with zero attached hydrogens (tertiary/aromatic N) is 1. The number of likely N-dealkylation sites (N-methyl/N-ethyl adjacent to an activating group) is 1. The lowest BCUT2D eigenvalue weighted by Gasteiger charge is -2.22. The largest absolute Gasteiger partial charge is 0.325 e. The molecule has 1 aliphatic heterocycles. The predicted molar refractivity (Wildman–Crippen MR) is 78.5 cm³/mol. The summed E-state index contributed by atoms with van der Waals surface area (Å²) in [5.41, 5.74) is 3.18. The van der Waals surface area contributed by atoms with Crippen LogP contribution in [0.1, 0.15) is 17.5 Å². The van der Waals surface area contributed by atoms with Gasteiger partial charge in [0.2, 0.25) is 5.91 Å². The normalized spacial score (nSPS) is 18.8. The van der Waals surface area contributed by atoms with Crippen LogP contribution < -0.4 is 10.6 Å². The van der Waals surface area contributed by atoms with Crippen molar-refractivity contribution >= 4 is 11.6 Å². The van der Waals surface area contributed by atoms with Crippen LogP contribution in [0.15, 0.2) is 18.2 Å². The minimum Gasteiger partial charge on any atom is -0.325 e. The molecule has 4 heteroatoms. The summed E-state index contributed by atoms with van der Waals surface area (Å²) in [5.74, 6) is 0.0584. The maximum atomic E-state index is 12.1. The molecular weight excluding hydrogens is 238 g/mol. The molecule has 0 spiro atoms. The van der Waals surface area contributed by atoms with Gasteiger partial charge in [0.1, 0.15) is 0 Å². The minimum atomic E-state index is 0.0584. The monoisotopic (exact) mass is 261 g/mol. The van der Waals surface area contributed by atoms with Crippen molar-refractivity contribution in [2.45, 2.75) is 26.3 Å². The molecule has 1 fully saturated rings. The highest BCUT2D eigenvalue weighted by atomic mass is 16.2. The zero-order chi connectivity index (χ0) is 13.8. The molecule has 1 amide bonds. The highest BCUT2D eigenvalue weighted by Gasteiger charge is 2.20. The fourth-order valence-electron chi connectivity index (χ4n) is 2.43. The van der Waals surface area contributed by atoms with Gasteiger partial charge in [0, 0.05) is 18.3 Å². The van der Waals surface area contributed by atoms with E-state index >= 15 is 0 Å². The average molecular weight is 261 g/mol. The number of amides is 1. The SMILES string of the molecule is Cc1ccc(C)c(NC(=O)CN(C)C2CCNC2)c1. The van der Waals surface area contributed by atoms with Crippen molar-refractivity contribution in [3.05, 3.63) is 29.3 Å². The van der Waals surface area contributed by atoms with Gasteiger partial charge in [0.05, 0.1) is 6.54 Å². The van der Waals surface area contributed by atoms with Crippen LogP contribution in [0.5, 0.6) is 0 Å². The van der Waals surface area contributed by atoms with Crippen molar-refractivity contribution in [3.63, 3.8) is 0 Å². The summed E-state index contributed by atoms with van der Waals surface area (Å²) < 4.78 is 0. The highest BCUT2D eigenvalue weighted by Crippen LogP contribution is 2.16. The molecule has 0 radical (unpaired) electrons. The van der Waals surface area contributed by atoms with E-state index in [2.05, 4.69) is 21.6 Å². The Hall–Kier alpha value is -1.39. The first-order valence-electron chi connectivity index (χ1n) is 6.84. The number of hydrogen-bond donors (Lipinski definition) is 2. The molecule has 0 bridgehead atoms. The fraction of sp³-hybridized carbons (Fsp3) is 0.533. The standard InChI is InChI=1S/C15H23N3O/c1-11-4-5-12(2)14(8-11)17-15(19)10-18(3)13-6-7-16-9-13/h4-5,8,13,16H,6-7,9-10H2,1-3H3,(H,17,19). The molecule has 0 aromatic heterocycles. The Balaban J connectivity index is 1.91. The van der Waals surface area contributed by atoms with Crippen molar-refractivity contribution in [3.8, 4) is 0 Å². The third kappa shape index (κ3) is 3.78. The zero-order valence-corrected chi connectivity index (χ0v) is 12.0. The van der Waals surface area contributed by atoms with Gasteiger partial charge in [-0.2, -0.15) is 0 Å². The topological polar surface area (TPSA) is 44.4 Å². The summed E-state index contributed by atoms with van der Waals surface area (Å²) in [4.78, 5) is 14.2. The summed E-state index contributed by atoms with van der Waals surface area (Å²) in [5, 5.41) is 6.32. The Bertz CT molecular complexity index is 453. The molecular formula is C15H23N3O. The number of aryl methyl sites for hydroxylation is 2. The summed E-state index contributed by atoms with van der Waals surface area (Å²) in [6, 6.07) is 6.59. The Morgan fingerprint density at radius 3 is 2.95 bits per heavy atom. The summed E-state index contributed by atoms with van der Waals surface area (Å²) in [7, 11) is 2.01. The van der Waals surface area contributed by atoms with Crippen LogP contribution >= 0.6 is 0 Å². The van der Waals surface area contributed by atoms with Gasteiger partial charge in [-0.1, -0.05) is 12.1 Å². The summed E-state index contributed by atoms with van der Waals surface area (Å²) in [6.07, 6.45) is 1.12. The molecule has 1 unspecified atom stereocenters. The van der Waals surface area contributed by atoms with Gasteiger partial charge in [0.25, 0.3) is 0 Å². The van der Waals surface area contributed by atoms with Gasteiger partial charge < -0.3 is 10.6 Å². The second-order valence-corrected chi connectivity index (χ2v) is 5.43. The van der Waals surface area contributed by atoms with Crippen LogP contribution in [0.2, 0.25) is 0 Å². The van der Waals surface area contributed by atoms with Crippen LogP contribution in [0.4, 0.5) is 5.69 Å². The first-order chi connectivity index (χ1) is 9.06. The number of rotatable bonds is 4. The number of benzene rings is 1. The van der Waals surface area contributed by atoms with E-state index in [4.69, 9.17) is 0 Å². The summed E-state index contributed by atoms with van der Waals surface area (Å²) >= 11 is 0. The molecule has 1 aliphatic rings. The molecule has 1 heterocycles. The van der Waals surface area contributed by atoms with Gasteiger partial charge in [-0.25, -0.2) is 0 Å². The zero-order valence-electron chi connectivity index (χ0n) is 12.0. The average Bonchev–Trinajstić information content (AvgIpc) is 2.87. The highest BCUT2D eigenvalue weighted by molar-refractivity contribution is 5.93. The van der Waals surface area contributed by atoms with Crippen LogP contribution in [-0.2, 0) is 4.79 Å². The molecule has 2 rings (SSSR count). The molecule has 1 aromatic rings. The van der Waals surface area contributed by atoms with E-state index in [1.165, 1.54) is 0 Å². The van der Waals surface area contributed by atoms with E-state index in [1.807, 2.05) is 33.0 Å². The van der Waals surface area contributed by atoms with E-state index in [1.54, 1.807) is 0 Å². The number of carbonyl (C=O) groups excluding carboxylic acids is 1. The van der Waals surface area contributed by atoms with Crippen LogP contribution in [-0.4, -0.2) is 43.5 Å². The Morgan fingerprint density at radius 2 is 2.26 bits per heavy atom. The molecule has 4 nitrogen and oxygen atoms in total. The smallest absolute Gasteiger partial charge is 0.238 e. The van der Waals surface area contributed by atoms with Gasteiger partial charge in [0.15, 0.2) is 0 Å². The molecule has 104 valence electrons. The number of hydrogen-bond acceptors (Lipinski definition) is 3. The quantitative estimate of drug-likeness (QED) is 0.864. The number of anilines is 1. The van der Waals surface area contributed by atoms with Crippen LogP contribution in [0.25, 0.3) is 0 Å². The molecule has 1 atom stereocenters. The molecule has 2 N–H and O–H groups in total. The first kappa shape index (κ1) is 14.0. The van der Waals surface area contributed by atoms with Gasteiger partial charge in [-0.05, 0) is 51.1 Å². The van der Waals surface area contributed by atoms with Crippen LogP contribution in [0.3, 0.4) is 0 Å². The van der Waals surface area contributed by atoms with E-state index < -0.39 is 0 Å². The fourth-order valence-corrected chi connectivity index (χ4v) is 2.43. The van der Waals surface area contributed by atoms with Gasteiger partial charge in [-0.3, -0.25) is 9.69 Å². The van der Waals surface area contributed by atoms with Crippen LogP contribution in [0, 0.1) is 13.8 Å². The van der Waals surface area contributed by atoms with Crippen molar-refractivity contribution in [2.75, 3.05) is 32.0 Å². The number of carbonyl (C=O) groups is 1.